The number of ether oxygens (including phenoxy) is 1. The second-order valence-electron chi connectivity index (χ2n) is 3.77. The summed E-state index contributed by atoms with van der Waals surface area (Å²) in [6, 6.07) is 3.81. The Morgan fingerprint density at radius 1 is 1.33 bits per heavy atom. The third kappa shape index (κ3) is 3.53. The van der Waals surface area contributed by atoms with Crippen LogP contribution in [0, 0.1) is 6.92 Å². The van der Waals surface area contributed by atoms with E-state index in [1.54, 1.807) is 13.1 Å². The first-order valence-electron chi connectivity index (χ1n) is 5.85. The van der Waals surface area contributed by atoms with Crippen molar-refractivity contribution in [2.24, 2.45) is 0 Å². The van der Waals surface area contributed by atoms with E-state index in [1.165, 1.54) is 0 Å². The van der Waals surface area contributed by atoms with E-state index in [9.17, 15) is 0 Å². The zero-order chi connectivity index (χ0) is 12.8. The third-order valence-corrected chi connectivity index (χ3v) is 2.28. The topological polar surface area (TPSA) is 73.1 Å². The molecular formula is C12H16N4O2. The van der Waals surface area contributed by atoms with E-state index >= 15 is 0 Å². The Labute approximate surface area is 105 Å². The molecule has 0 bridgehead atoms. The van der Waals surface area contributed by atoms with Gasteiger partial charge in [0, 0.05) is 13.5 Å². The lowest BCUT2D eigenvalue weighted by atomic mass is 10.3. The summed E-state index contributed by atoms with van der Waals surface area (Å²) in [6.07, 6.45) is 1.69. The second kappa shape index (κ2) is 6.11. The molecule has 0 saturated carbocycles. The van der Waals surface area contributed by atoms with Gasteiger partial charge >= 0.3 is 0 Å². The molecule has 0 aliphatic heterocycles. The third-order valence-electron chi connectivity index (χ3n) is 2.28. The van der Waals surface area contributed by atoms with E-state index in [-0.39, 0.29) is 6.61 Å². The van der Waals surface area contributed by atoms with Crippen molar-refractivity contribution in [3.8, 4) is 5.75 Å². The minimum absolute atomic E-state index is 0.259. The summed E-state index contributed by atoms with van der Waals surface area (Å²) in [5, 5.41) is 10.8. The fraction of sp³-hybridized carbons (Fsp3) is 0.417. The first kappa shape index (κ1) is 12.5. The molecule has 0 fully saturated rings. The Hall–Kier alpha value is -1.95. The van der Waals surface area contributed by atoms with Gasteiger partial charge in [-0.1, -0.05) is 6.92 Å². The minimum Gasteiger partial charge on any atom is -0.482 e. The van der Waals surface area contributed by atoms with Crippen LogP contribution in [0.5, 0.6) is 5.75 Å². The number of rotatable bonds is 6. The number of hydrogen-bond donors (Lipinski definition) is 1. The lowest BCUT2D eigenvalue weighted by Gasteiger charge is -2.04. The molecule has 0 spiro atoms. The van der Waals surface area contributed by atoms with Gasteiger partial charge in [0.05, 0.1) is 11.9 Å². The first-order valence-corrected chi connectivity index (χ1v) is 5.85. The molecule has 0 aromatic carbocycles. The molecule has 6 heteroatoms. The average Bonchev–Trinajstić information content (AvgIpc) is 2.81. The summed E-state index contributed by atoms with van der Waals surface area (Å²) in [5.74, 6) is 1.68. The van der Waals surface area contributed by atoms with Crippen LogP contribution in [0.15, 0.2) is 22.7 Å². The monoisotopic (exact) mass is 248 g/mol. The number of nitrogens with zero attached hydrogens (tertiary/aromatic N) is 3. The summed E-state index contributed by atoms with van der Waals surface area (Å²) < 4.78 is 10.7. The van der Waals surface area contributed by atoms with E-state index in [0.717, 1.165) is 18.8 Å². The molecule has 0 unspecified atom stereocenters. The van der Waals surface area contributed by atoms with Gasteiger partial charge in [0.15, 0.2) is 6.61 Å². The summed E-state index contributed by atoms with van der Waals surface area (Å²) in [6.45, 7) is 5.75. The molecule has 0 saturated heterocycles. The quantitative estimate of drug-likeness (QED) is 0.834. The van der Waals surface area contributed by atoms with Crippen LogP contribution < -0.4 is 10.1 Å². The van der Waals surface area contributed by atoms with Crippen molar-refractivity contribution >= 4 is 0 Å². The average molecular weight is 248 g/mol. The highest BCUT2D eigenvalue weighted by molar-refractivity contribution is 5.19. The molecule has 6 nitrogen and oxygen atoms in total. The van der Waals surface area contributed by atoms with Crippen LogP contribution in [-0.2, 0) is 13.2 Å². The van der Waals surface area contributed by atoms with Crippen LogP contribution in [-0.4, -0.2) is 21.7 Å². The molecule has 0 aliphatic rings. The SMILES string of the molecule is CCNCc1ccc(OCc2nnc(C)o2)cn1. The van der Waals surface area contributed by atoms with Crippen molar-refractivity contribution in [1.29, 1.82) is 0 Å². The highest BCUT2D eigenvalue weighted by Gasteiger charge is 2.03. The number of aryl methyl sites for hydroxylation is 1. The molecule has 18 heavy (non-hydrogen) atoms. The van der Waals surface area contributed by atoms with Crippen LogP contribution in [0.3, 0.4) is 0 Å². The first-order chi connectivity index (χ1) is 8.78. The predicted molar refractivity (Wildman–Crippen MR) is 65.0 cm³/mol. The lowest BCUT2D eigenvalue weighted by Crippen LogP contribution is -2.12. The Balaban J connectivity index is 1.86. The van der Waals surface area contributed by atoms with Crippen LogP contribution in [0.1, 0.15) is 24.4 Å². The Morgan fingerprint density at radius 3 is 2.83 bits per heavy atom. The fourth-order valence-corrected chi connectivity index (χ4v) is 1.39. The van der Waals surface area contributed by atoms with Gasteiger partial charge in [0.25, 0.3) is 5.89 Å². The molecule has 0 amide bonds. The number of pyridine rings is 1. The normalized spacial score (nSPS) is 10.6. The smallest absolute Gasteiger partial charge is 0.253 e. The van der Waals surface area contributed by atoms with Gasteiger partial charge in [-0.15, -0.1) is 10.2 Å². The molecular weight excluding hydrogens is 232 g/mol. The van der Waals surface area contributed by atoms with Gasteiger partial charge in [0.2, 0.25) is 5.89 Å². The maximum absolute atomic E-state index is 5.49. The van der Waals surface area contributed by atoms with Gasteiger partial charge in [0.1, 0.15) is 5.75 Å². The Morgan fingerprint density at radius 2 is 2.22 bits per heavy atom. The zero-order valence-electron chi connectivity index (χ0n) is 10.5. The highest BCUT2D eigenvalue weighted by Crippen LogP contribution is 2.11. The zero-order valence-corrected chi connectivity index (χ0v) is 10.5. The molecule has 1 N–H and O–H groups in total. The van der Waals surface area contributed by atoms with E-state index in [4.69, 9.17) is 9.15 Å². The maximum Gasteiger partial charge on any atom is 0.253 e. The van der Waals surface area contributed by atoms with Crippen LogP contribution in [0.4, 0.5) is 0 Å². The van der Waals surface area contributed by atoms with Crippen LogP contribution in [0.25, 0.3) is 0 Å². The molecule has 2 aromatic rings. The number of hydrogen-bond acceptors (Lipinski definition) is 6. The predicted octanol–water partition coefficient (Wildman–Crippen LogP) is 1.46. The van der Waals surface area contributed by atoms with Gasteiger partial charge < -0.3 is 14.5 Å². The largest absolute Gasteiger partial charge is 0.482 e. The molecule has 2 rings (SSSR count). The summed E-state index contributed by atoms with van der Waals surface area (Å²) >= 11 is 0. The van der Waals surface area contributed by atoms with Crippen molar-refractivity contribution in [3.05, 3.63) is 35.8 Å². The van der Waals surface area contributed by atoms with Gasteiger partial charge in [-0.05, 0) is 18.7 Å². The van der Waals surface area contributed by atoms with E-state index in [1.807, 2.05) is 12.1 Å². The Kier molecular flexibility index (Phi) is 4.25. The van der Waals surface area contributed by atoms with E-state index in [0.29, 0.717) is 17.5 Å². The van der Waals surface area contributed by atoms with Crippen molar-refractivity contribution in [1.82, 2.24) is 20.5 Å². The fourth-order valence-electron chi connectivity index (χ4n) is 1.39. The molecule has 0 atom stereocenters. The number of nitrogens with one attached hydrogen (secondary N) is 1. The molecule has 2 aromatic heterocycles. The molecule has 2 heterocycles. The maximum atomic E-state index is 5.49. The Bertz CT molecular complexity index is 481. The minimum atomic E-state index is 0.259. The van der Waals surface area contributed by atoms with Crippen molar-refractivity contribution < 1.29 is 9.15 Å². The second-order valence-corrected chi connectivity index (χ2v) is 3.77. The van der Waals surface area contributed by atoms with Crippen LogP contribution >= 0.6 is 0 Å². The molecule has 0 radical (unpaired) electrons. The molecule has 0 aliphatic carbocycles. The van der Waals surface area contributed by atoms with E-state index < -0.39 is 0 Å². The van der Waals surface area contributed by atoms with Crippen molar-refractivity contribution in [2.45, 2.75) is 27.0 Å². The highest BCUT2D eigenvalue weighted by atomic mass is 16.5. The van der Waals surface area contributed by atoms with Gasteiger partial charge in [-0.2, -0.15) is 0 Å². The lowest BCUT2D eigenvalue weighted by molar-refractivity contribution is 0.259. The van der Waals surface area contributed by atoms with Crippen molar-refractivity contribution in [3.63, 3.8) is 0 Å². The van der Waals surface area contributed by atoms with Gasteiger partial charge in [-0.25, -0.2) is 0 Å². The summed E-state index contributed by atoms with van der Waals surface area (Å²) in [5.41, 5.74) is 0.984. The van der Waals surface area contributed by atoms with E-state index in [2.05, 4.69) is 27.4 Å². The van der Waals surface area contributed by atoms with Crippen molar-refractivity contribution in [2.75, 3.05) is 6.54 Å². The standard InChI is InChI=1S/C12H16N4O2/c1-3-13-6-10-4-5-11(7-14-10)17-8-12-16-15-9(2)18-12/h4-5,7,13H,3,6,8H2,1-2H3. The number of aromatic nitrogens is 3. The van der Waals surface area contributed by atoms with Gasteiger partial charge in [-0.3, -0.25) is 4.98 Å². The van der Waals surface area contributed by atoms with Crippen LogP contribution in [0.2, 0.25) is 0 Å². The molecule has 96 valence electrons. The summed E-state index contributed by atoms with van der Waals surface area (Å²) in [7, 11) is 0. The summed E-state index contributed by atoms with van der Waals surface area (Å²) in [4.78, 5) is 4.28.